The molecule has 0 aromatic rings. The van der Waals surface area contributed by atoms with E-state index in [9.17, 15) is 4.79 Å². The van der Waals surface area contributed by atoms with E-state index < -0.39 is 0 Å². The van der Waals surface area contributed by atoms with Crippen molar-refractivity contribution in [1.82, 2.24) is 4.90 Å². The number of esters is 1. The molecule has 0 heterocycles. The van der Waals surface area contributed by atoms with Gasteiger partial charge in [-0.05, 0) is 20.4 Å². The van der Waals surface area contributed by atoms with Crippen LogP contribution in [0.4, 0.5) is 0 Å². The predicted molar refractivity (Wildman–Crippen MR) is 50.4 cm³/mol. The number of likely N-dealkylation sites (N-methyl/N-ethyl adjacent to an activating group) is 1. The van der Waals surface area contributed by atoms with Gasteiger partial charge >= 0.3 is 5.97 Å². The van der Waals surface area contributed by atoms with Crippen molar-refractivity contribution >= 4 is 5.97 Å². The fourth-order valence-electron chi connectivity index (χ4n) is 1.21. The molecule has 1 unspecified atom stereocenters. The number of aliphatic hydroxyl groups is 1. The summed E-state index contributed by atoms with van der Waals surface area (Å²) in [6.45, 7) is 4.68. The van der Waals surface area contributed by atoms with E-state index in [4.69, 9.17) is 9.84 Å². The Labute approximate surface area is 79.5 Å². The number of ether oxygens (including phenoxy) is 1. The monoisotopic (exact) mass is 189 g/mol. The maximum Gasteiger partial charge on any atom is 0.323 e. The highest BCUT2D eigenvalue weighted by Crippen LogP contribution is 2.03. The predicted octanol–water partition coefficient (Wildman–Crippen LogP) is 0.252. The van der Waals surface area contributed by atoms with Crippen LogP contribution in [0.25, 0.3) is 0 Å². The molecule has 0 aromatic carbocycles. The van der Waals surface area contributed by atoms with Gasteiger partial charge in [0, 0.05) is 6.54 Å². The molecule has 0 rings (SSSR count). The first-order valence-electron chi connectivity index (χ1n) is 4.65. The molecule has 0 radical (unpaired) electrons. The summed E-state index contributed by atoms with van der Waals surface area (Å²) in [7, 11) is 1.81. The molecule has 4 nitrogen and oxygen atoms in total. The van der Waals surface area contributed by atoms with Crippen LogP contribution in [0, 0.1) is 0 Å². The van der Waals surface area contributed by atoms with Crippen molar-refractivity contribution in [3.63, 3.8) is 0 Å². The second-order valence-corrected chi connectivity index (χ2v) is 2.88. The normalized spacial score (nSPS) is 13.0. The lowest BCUT2D eigenvalue weighted by Gasteiger charge is -2.24. The molecule has 0 aromatic heterocycles. The Morgan fingerprint density at radius 3 is 2.54 bits per heavy atom. The molecule has 0 spiro atoms. The maximum absolute atomic E-state index is 11.3. The molecular formula is C9H19NO3. The lowest BCUT2D eigenvalue weighted by molar-refractivity contribution is -0.149. The number of nitrogens with zero attached hydrogens (tertiary/aromatic N) is 1. The molecule has 0 amide bonds. The number of carbonyl (C=O) groups is 1. The average Bonchev–Trinajstić information content (AvgIpc) is 2.06. The van der Waals surface area contributed by atoms with Crippen LogP contribution in [-0.2, 0) is 9.53 Å². The van der Waals surface area contributed by atoms with Crippen LogP contribution in [-0.4, -0.2) is 48.8 Å². The average molecular weight is 189 g/mol. The Morgan fingerprint density at radius 1 is 1.54 bits per heavy atom. The van der Waals surface area contributed by atoms with E-state index in [1.807, 2.05) is 6.92 Å². The third-order valence-electron chi connectivity index (χ3n) is 1.93. The third-order valence-corrected chi connectivity index (χ3v) is 1.93. The molecule has 0 aliphatic carbocycles. The summed E-state index contributed by atoms with van der Waals surface area (Å²) in [6, 6.07) is -0.230. The van der Waals surface area contributed by atoms with Crippen LogP contribution < -0.4 is 0 Å². The highest BCUT2D eigenvalue weighted by atomic mass is 16.5. The van der Waals surface area contributed by atoms with E-state index in [0.29, 0.717) is 19.6 Å². The second kappa shape index (κ2) is 6.86. The number of rotatable bonds is 6. The Balaban J connectivity index is 4.06. The summed E-state index contributed by atoms with van der Waals surface area (Å²) in [5.74, 6) is -0.207. The van der Waals surface area contributed by atoms with E-state index in [0.717, 1.165) is 0 Å². The van der Waals surface area contributed by atoms with Crippen LogP contribution >= 0.6 is 0 Å². The smallest absolute Gasteiger partial charge is 0.323 e. The SMILES string of the molecule is CCOC(=O)C(CC)N(C)CCO. The van der Waals surface area contributed by atoms with Gasteiger partial charge < -0.3 is 9.84 Å². The van der Waals surface area contributed by atoms with Gasteiger partial charge in [0.1, 0.15) is 6.04 Å². The Morgan fingerprint density at radius 2 is 2.15 bits per heavy atom. The minimum atomic E-state index is -0.230. The molecule has 0 aliphatic heterocycles. The van der Waals surface area contributed by atoms with Gasteiger partial charge in [-0.15, -0.1) is 0 Å². The van der Waals surface area contributed by atoms with Gasteiger partial charge in [-0.25, -0.2) is 0 Å². The second-order valence-electron chi connectivity index (χ2n) is 2.88. The zero-order valence-electron chi connectivity index (χ0n) is 8.62. The van der Waals surface area contributed by atoms with Gasteiger partial charge in [0.25, 0.3) is 0 Å². The Kier molecular flexibility index (Phi) is 6.54. The van der Waals surface area contributed by atoms with Gasteiger partial charge in [-0.2, -0.15) is 0 Å². The molecule has 1 atom stereocenters. The van der Waals surface area contributed by atoms with Crippen LogP contribution in [0.5, 0.6) is 0 Å². The number of carbonyl (C=O) groups excluding carboxylic acids is 1. The van der Waals surface area contributed by atoms with Gasteiger partial charge in [-0.1, -0.05) is 6.92 Å². The topological polar surface area (TPSA) is 49.8 Å². The summed E-state index contributed by atoms with van der Waals surface area (Å²) in [5, 5.41) is 8.70. The van der Waals surface area contributed by atoms with Gasteiger partial charge in [0.05, 0.1) is 13.2 Å². The van der Waals surface area contributed by atoms with Crippen molar-refractivity contribution in [3.05, 3.63) is 0 Å². The summed E-state index contributed by atoms with van der Waals surface area (Å²) >= 11 is 0. The minimum Gasteiger partial charge on any atom is -0.465 e. The highest BCUT2D eigenvalue weighted by Gasteiger charge is 2.21. The van der Waals surface area contributed by atoms with Crippen molar-refractivity contribution in [2.24, 2.45) is 0 Å². The maximum atomic E-state index is 11.3. The van der Waals surface area contributed by atoms with Gasteiger partial charge in [0.15, 0.2) is 0 Å². The van der Waals surface area contributed by atoms with E-state index in [1.165, 1.54) is 0 Å². The summed E-state index contributed by atoms with van der Waals surface area (Å²) in [4.78, 5) is 13.1. The molecule has 13 heavy (non-hydrogen) atoms. The fraction of sp³-hybridized carbons (Fsp3) is 0.889. The molecule has 0 saturated heterocycles. The van der Waals surface area contributed by atoms with E-state index in [1.54, 1.807) is 18.9 Å². The van der Waals surface area contributed by atoms with E-state index in [-0.39, 0.29) is 18.6 Å². The molecule has 78 valence electrons. The first-order valence-corrected chi connectivity index (χ1v) is 4.65. The molecule has 0 fully saturated rings. The quantitative estimate of drug-likeness (QED) is 0.609. The lowest BCUT2D eigenvalue weighted by Crippen LogP contribution is -2.40. The standard InChI is InChI=1S/C9H19NO3/c1-4-8(9(12)13-5-2)10(3)6-7-11/h8,11H,4-7H2,1-3H3. The van der Waals surface area contributed by atoms with Crippen molar-refractivity contribution in [2.75, 3.05) is 26.8 Å². The summed E-state index contributed by atoms with van der Waals surface area (Å²) in [5.41, 5.74) is 0. The van der Waals surface area contributed by atoms with Crippen molar-refractivity contribution in [2.45, 2.75) is 26.3 Å². The molecular weight excluding hydrogens is 170 g/mol. The third kappa shape index (κ3) is 4.24. The van der Waals surface area contributed by atoms with Gasteiger partial charge in [-0.3, -0.25) is 9.69 Å². The fourth-order valence-corrected chi connectivity index (χ4v) is 1.21. The van der Waals surface area contributed by atoms with Gasteiger partial charge in [0.2, 0.25) is 0 Å². The lowest BCUT2D eigenvalue weighted by atomic mass is 10.2. The van der Waals surface area contributed by atoms with Crippen molar-refractivity contribution in [3.8, 4) is 0 Å². The molecule has 0 bridgehead atoms. The highest BCUT2D eigenvalue weighted by molar-refractivity contribution is 5.75. The van der Waals surface area contributed by atoms with Crippen molar-refractivity contribution in [1.29, 1.82) is 0 Å². The largest absolute Gasteiger partial charge is 0.465 e. The zero-order valence-corrected chi connectivity index (χ0v) is 8.62. The molecule has 0 aliphatic rings. The summed E-state index contributed by atoms with van der Waals surface area (Å²) < 4.78 is 4.90. The van der Waals surface area contributed by atoms with E-state index in [2.05, 4.69) is 0 Å². The molecule has 1 N–H and O–H groups in total. The molecule has 4 heteroatoms. The zero-order chi connectivity index (χ0) is 10.3. The number of hydrogen-bond acceptors (Lipinski definition) is 4. The Bertz CT molecular complexity index is 150. The van der Waals surface area contributed by atoms with E-state index >= 15 is 0 Å². The first kappa shape index (κ1) is 12.4. The minimum absolute atomic E-state index is 0.0619. The van der Waals surface area contributed by atoms with Crippen LogP contribution in [0.3, 0.4) is 0 Å². The Hall–Kier alpha value is -0.610. The summed E-state index contributed by atoms with van der Waals surface area (Å²) in [6.07, 6.45) is 0.704. The number of aliphatic hydroxyl groups excluding tert-OH is 1. The first-order chi connectivity index (χ1) is 6.17. The van der Waals surface area contributed by atoms with Crippen LogP contribution in [0.2, 0.25) is 0 Å². The van der Waals surface area contributed by atoms with Crippen LogP contribution in [0.1, 0.15) is 20.3 Å². The molecule has 0 saturated carbocycles. The van der Waals surface area contributed by atoms with Crippen LogP contribution in [0.15, 0.2) is 0 Å². The van der Waals surface area contributed by atoms with Crippen molar-refractivity contribution < 1.29 is 14.6 Å². The number of hydrogen-bond donors (Lipinski definition) is 1.